The summed E-state index contributed by atoms with van der Waals surface area (Å²) in [5.41, 5.74) is 2.57. The number of hydrogen-bond donors (Lipinski definition) is 0. The Balaban J connectivity index is 2.84. The van der Waals surface area contributed by atoms with E-state index >= 15 is 0 Å². The average Bonchev–Trinajstić information content (AvgIpc) is 2.14. The molecule has 3 nitrogen and oxygen atoms in total. The predicted octanol–water partition coefficient (Wildman–Crippen LogP) is 1.61. The minimum absolute atomic E-state index is 0.349. The second-order valence-electron chi connectivity index (χ2n) is 3.11. The summed E-state index contributed by atoms with van der Waals surface area (Å²) in [6, 6.07) is 3.67. The van der Waals surface area contributed by atoms with Crippen LogP contribution in [0.15, 0.2) is 12.1 Å². The van der Waals surface area contributed by atoms with E-state index in [4.69, 9.17) is 4.74 Å². The fraction of sp³-hybridized carbons (Fsp3) is 0.333. The Bertz CT molecular complexity index is 407. The molecule has 15 heavy (non-hydrogen) atoms. The normalized spacial score (nSPS) is 9.00. The van der Waals surface area contributed by atoms with E-state index in [1.54, 1.807) is 6.92 Å². The van der Waals surface area contributed by atoms with Crippen molar-refractivity contribution in [1.29, 1.82) is 0 Å². The van der Waals surface area contributed by atoms with Gasteiger partial charge in [0, 0.05) is 22.9 Å². The van der Waals surface area contributed by atoms with Crippen LogP contribution in [-0.4, -0.2) is 17.6 Å². The molecule has 0 N–H and O–H groups in total. The Morgan fingerprint density at radius 1 is 1.40 bits per heavy atom. The zero-order valence-corrected chi connectivity index (χ0v) is 9.13. The number of rotatable bonds is 1. The van der Waals surface area contributed by atoms with Gasteiger partial charge in [0.15, 0.2) is 0 Å². The third-order valence-electron chi connectivity index (χ3n) is 1.67. The molecule has 0 atom stereocenters. The Morgan fingerprint density at radius 3 is 2.53 bits per heavy atom. The van der Waals surface area contributed by atoms with Crippen LogP contribution >= 0.6 is 0 Å². The minimum Gasteiger partial charge on any atom is -0.456 e. The summed E-state index contributed by atoms with van der Waals surface area (Å²) < 4.78 is 4.70. The zero-order valence-electron chi connectivity index (χ0n) is 9.13. The molecule has 0 amide bonds. The monoisotopic (exact) mass is 203 g/mol. The number of aryl methyl sites for hydroxylation is 2. The van der Waals surface area contributed by atoms with Crippen molar-refractivity contribution in [3.63, 3.8) is 0 Å². The standard InChI is InChI=1S/C12H13NO2/c1-4-15-12(14)6-5-11-7-9(2)13-10(3)8-11/h7-8H,4H2,1-3H3. The number of nitrogens with zero attached hydrogens (tertiary/aromatic N) is 1. The molecule has 0 spiro atoms. The lowest BCUT2D eigenvalue weighted by Crippen LogP contribution is -1.99. The highest BCUT2D eigenvalue weighted by Gasteiger charge is 1.95. The van der Waals surface area contributed by atoms with Gasteiger partial charge in [-0.2, -0.15) is 0 Å². The summed E-state index contributed by atoms with van der Waals surface area (Å²) >= 11 is 0. The zero-order chi connectivity index (χ0) is 11.3. The van der Waals surface area contributed by atoms with Crippen molar-refractivity contribution < 1.29 is 9.53 Å². The SMILES string of the molecule is CCOC(=O)C#Cc1cc(C)nc(C)c1. The first-order chi connectivity index (χ1) is 7.11. The Morgan fingerprint density at radius 2 is 2.00 bits per heavy atom. The summed E-state index contributed by atoms with van der Waals surface area (Å²) in [5.74, 6) is 4.67. The van der Waals surface area contributed by atoms with Crippen LogP contribution in [0, 0.1) is 25.7 Å². The maximum absolute atomic E-state index is 11.0. The maximum Gasteiger partial charge on any atom is 0.384 e. The first kappa shape index (κ1) is 11.3. The molecule has 0 aliphatic rings. The van der Waals surface area contributed by atoms with Gasteiger partial charge in [-0.1, -0.05) is 5.92 Å². The number of hydrogen-bond acceptors (Lipinski definition) is 3. The van der Waals surface area contributed by atoms with Gasteiger partial charge in [0.1, 0.15) is 0 Å². The van der Waals surface area contributed by atoms with E-state index in [2.05, 4.69) is 16.8 Å². The van der Waals surface area contributed by atoms with Gasteiger partial charge in [0.05, 0.1) is 6.61 Å². The quantitative estimate of drug-likeness (QED) is 0.514. The fourth-order valence-corrected chi connectivity index (χ4v) is 1.20. The summed E-state index contributed by atoms with van der Waals surface area (Å²) in [7, 11) is 0. The number of carbonyl (C=O) groups excluding carboxylic acids is 1. The molecular formula is C12H13NO2. The van der Waals surface area contributed by atoms with Crippen molar-refractivity contribution in [2.45, 2.75) is 20.8 Å². The summed E-state index contributed by atoms with van der Waals surface area (Å²) in [6.45, 7) is 5.88. The highest BCUT2D eigenvalue weighted by Crippen LogP contribution is 2.02. The van der Waals surface area contributed by atoms with Crippen molar-refractivity contribution >= 4 is 5.97 Å². The molecule has 1 aromatic rings. The predicted molar refractivity (Wildman–Crippen MR) is 57.2 cm³/mol. The molecule has 0 bridgehead atoms. The van der Waals surface area contributed by atoms with Gasteiger partial charge in [-0.05, 0) is 32.9 Å². The number of ether oxygens (including phenoxy) is 1. The molecule has 0 fully saturated rings. The minimum atomic E-state index is -0.496. The molecule has 1 aromatic heterocycles. The van der Waals surface area contributed by atoms with Crippen molar-refractivity contribution in [2.75, 3.05) is 6.61 Å². The van der Waals surface area contributed by atoms with Crippen LogP contribution in [0.5, 0.6) is 0 Å². The van der Waals surface area contributed by atoms with Crippen molar-refractivity contribution in [3.05, 3.63) is 29.1 Å². The molecule has 1 rings (SSSR count). The molecule has 3 heteroatoms. The third-order valence-corrected chi connectivity index (χ3v) is 1.67. The van der Waals surface area contributed by atoms with Crippen LogP contribution in [0.25, 0.3) is 0 Å². The molecule has 0 aliphatic carbocycles. The summed E-state index contributed by atoms with van der Waals surface area (Å²) in [5, 5.41) is 0. The van der Waals surface area contributed by atoms with Crippen LogP contribution < -0.4 is 0 Å². The molecule has 1 heterocycles. The molecule has 0 radical (unpaired) electrons. The third kappa shape index (κ3) is 3.82. The van der Waals surface area contributed by atoms with E-state index in [0.29, 0.717) is 6.61 Å². The van der Waals surface area contributed by atoms with E-state index in [1.165, 1.54) is 0 Å². The smallest absolute Gasteiger partial charge is 0.384 e. The lowest BCUT2D eigenvalue weighted by Gasteiger charge is -1.96. The molecule has 0 aromatic carbocycles. The summed E-state index contributed by atoms with van der Waals surface area (Å²) in [6.07, 6.45) is 0. The number of esters is 1. The summed E-state index contributed by atoms with van der Waals surface area (Å²) in [4.78, 5) is 15.2. The molecule has 0 saturated carbocycles. The first-order valence-electron chi connectivity index (χ1n) is 4.76. The van der Waals surface area contributed by atoms with Gasteiger partial charge in [-0.25, -0.2) is 4.79 Å². The highest BCUT2D eigenvalue weighted by molar-refractivity contribution is 5.89. The highest BCUT2D eigenvalue weighted by atomic mass is 16.5. The number of pyridine rings is 1. The number of carbonyl (C=O) groups is 1. The van der Waals surface area contributed by atoms with Crippen LogP contribution in [0.3, 0.4) is 0 Å². The van der Waals surface area contributed by atoms with E-state index in [-0.39, 0.29) is 0 Å². The Hall–Kier alpha value is -1.82. The first-order valence-corrected chi connectivity index (χ1v) is 4.76. The van der Waals surface area contributed by atoms with E-state index < -0.39 is 5.97 Å². The second kappa shape index (κ2) is 5.16. The molecular weight excluding hydrogens is 190 g/mol. The topological polar surface area (TPSA) is 39.2 Å². The largest absolute Gasteiger partial charge is 0.456 e. The fourth-order valence-electron chi connectivity index (χ4n) is 1.20. The van der Waals surface area contributed by atoms with E-state index in [9.17, 15) is 4.79 Å². The molecule has 0 unspecified atom stereocenters. The van der Waals surface area contributed by atoms with Crippen molar-refractivity contribution in [1.82, 2.24) is 4.98 Å². The lowest BCUT2D eigenvalue weighted by molar-refractivity contribution is -0.136. The second-order valence-corrected chi connectivity index (χ2v) is 3.11. The lowest BCUT2D eigenvalue weighted by atomic mass is 10.2. The van der Waals surface area contributed by atoms with E-state index in [0.717, 1.165) is 17.0 Å². The van der Waals surface area contributed by atoms with Gasteiger partial charge in [0.25, 0.3) is 0 Å². The van der Waals surface area contributed by atoms with Gasteiger partial charge in [-0.15, -0.1) is 0 Å². The molecule has 0 saturated heterocycles. The van der Waals surface area contributed by atoms with Crippen LogP contribution in [0.1, 0.15) is 23.9 Å². The maximum atomic E-state index is 11.0. The Labute approximate surface area is 89.5 Å². The van der Waals surface area contributed by atoms with Gasteiger partial charge in [-0.3, -0.25) is 4.98 Å². The molecule has 78 valence electrons. The molecule has 0 aliphatic heterocycles. The van der Waals surface area contributed by atoms with Gasteiger partial charge >= 0.3 is 5.97 Å². The van der Waals surface area contributed by atoms with Gasteiger partial charge in [0.2, 0.25) is 0 Å². The average molecular weight is 203 g/mol. The van der Waals surface area contributed by atoms with Crippen LogP contribution in [-0.2, 0) is 9.53 Å². The van der Waals surface area contributed by atoms with Crippen LogP contribution in [0.2, 0.25) is 0 Å². The van der Waals surface area contributed by atoms with Crippen LogP contribution in [0.4, 0.5) is 0 Å². The van der Waals surface area contributed by atoms with Crippen molar-refractivity contribution in [3.8, 4) is 11.8 Å². The van der Waals surface area contributed by atoms with Gasteiger partial charge < -0.3 is 4.74 Å². The van der Waals surface area contributed by atoms with E-state index in [1.807, 2.05) is 26.0 Å². The Kier molecular flexibility index (Phi) is 3.87. The van der Waals surface area contributed by atoms with Crippen molar-refractivity contribution in [2.24, 2.45) is 0 Å². The number of aromatic nitrogens is 1.